The summed E-state index contributed by atoms with van der Waals surface area (Å²) < 4.78 is 28.0. The molecule has 2 amide bonds. The molecule has 0 bridgehead atoms. The molecule has 4 rings (SSSR count). The van der Waals surface area contributed by atoms with Crippen molar-refractivity contribution in [3.8, 4) is 11.5 Å². The van der Waals surface area contributed by atoms with E-state index in [1.165, 1.54) is 34.9 Å². The molecule has 0 aliphatic carbocycles. The van der Waals surface area contributed by atoms with Crippen LogP contribution in [0.15, 0.2) is 66.7 Å². The number of hydrogen-bond acceptors (Lipinski definition) is 6. The van der Waals surface area contributed by atoms with Crippen molar-refractivity contribution in [3.05, 3.63) is 78.1 Å². The molecule has 0 saturated heterocycles. The van der Waals surface area contributed by atoms with Crippen LogP contribution >= 0.6 is 0 Å². The van der Waals surface area contributed by atoms with Gasteiger partial charge in [-0.3, -0.25) is 14.5 Å². The van der Waals surface area contributed by atoms with Crippen LogP contribution in [-0.2, 0) is 16.1 Å². The van der Waals surface area contributed by atoms with Gasteiger partial charge in [-0.2, -0.15) is 0 Å². The number of aromatic nitrogens is 3. The van der Waals surface area contributed by atoms with Gasteiger partial charge in [0.1, 0.15) is 23.9 Å². The molecule has 3 aromatic carbocycles. The van der Waals surface area contributed by atoms with Crippen LogP contribution in [0.4, 0.5) is 10.1 Å². The van der Waals surface area contributed by atoms with Crippen LogP contribution in [0.2, 0.25) is 0 Å². The smallest absolute Gasteiger partial charge is 0.249 e. The van der Waals surface area contributed by atoms with Crippen LogP contribution < -0.4 is 19.7 Å². The molecular formula is C30H34FN5O4. The Labute approximate surface area is 232 Å². The van der Waals surface area contributed by atoms with Gasteiger partial charge in [0, 0.05) is 6.54 Å². The maximum absolute atomic E-state index is 15.3. The van der Waals surface area contributed by atoms with Gasteiger partial charge in [-0.05, 0) is 61.2 Å². The number of rotatable bonds is 12. The maximum Gasteiger partial charge on any atom is 0.249 e. The standard InChI is InChI=1S/C30H34FN5O4/c1-5-40-26-15-14-21(18-27(26)39-4)29(30(38)32-17-16-20(2)3)36(24-12-8-6-10-22(24)31)28(37)19-35-25-13-9-7-11-23(25)33-34-35/h6-15,18,20,29H,5,16-17,19H2,1-4H3,(H,32,38). The number of nitrogens with one attached hydrogen (secondary N) is 1. The molecule has 40 heavy (non-hydrogen) atoms. The fourth-order valence-corrected chi connectivity index (χ4v) is 4.43. The lowest BCUT2D eigenvalue weighted by atomic mass is 10.0. The Morgan fingerprint density at radius 1 is 1.05 bits per heavy atom. The number of methoxy groups -OCH3 is 1. The number of ether oxygens (including phenoxy) is 2. The number of amides is 2. The summed E-state index contributed by atoms with van der Waals surface area (Å²) in [5, 5.41) is 11.2. The number of carbonyl (C=O) groups excluding carboxylic acids is 2. The quantitative estimate of drug-likeness (QED) is 0.271. The van der Waals surface area contributed by atoms with Gasteiger partial charge in [0.25, 0.3) is 0 Å². The first-order chi connectivity index (χ1) is 19.3. The average Bonchev–Trinajstić information content (AvgIpc) is 3.35. The van der Waals surface area contributed by atoms with Crippen LogP contribution in [0.3, 0.4) is 0 Å². The molecule has 0 aliphatic rings. The summed E-state index contributed by atoms with van der Waals surface area (Å²) in [6.45, 7) is 6.51. The van der Waals surface area contributed by atoms with Crippen molar-refractivity contribution in [3.63, 3.8) is 0 Å². The van der Waals surface area contributed by atoms with E-state index in [1.807, 2.05) is 19.1 Å². The second-order valence-electron chi connectivity index (χ2n) is 9.67. The number of hydrogen-bond donors (Lipinski definition) is 1. The van der Waals surface area contributed by atoms with E-state index in [1.54, 1.807) is 36.4 Å². The van der Waals surface area contributed by atoms with E-state index >= 15 is 4.39 Å². The second kappa shape index (κ2) is 13.1. The van der Waals surface area contributed by atoms with Crippen molar-refractivity contribution >= 4 is 28.5 Å². The molecule has 1 unspecified atom stereocenters. The lowest BCUT2D eigenvalue weighted by Crippen LogP contribution is -2.46. The zero-order chi connectivity index (χ0) is 28.6. The minimum absolute atomic E-state index is 0.0335. The van der Waals surface area contributed by atoms with Crippen molar-refractivity contribution in [2.24, 2.45) is 5.92 Å². The van der Waals surface area contributed by atoms with E-state index in [2.05, 4.69) is 29.5 Å². The third-order valence-corrected chi connectivity index (χ3v) is 6.42. The van der Waals surface area contributed by atoms with Crippen LogP contribution in [0.25, 0.3) is 11.0 Å². The van der Waals surface area contributed by atoms with Crippen molar-refractivity contribution < 1.29 is 23.5 Å². The zero-order valence-electron chi connectivity index (χ0n) is 23.1. The van der Waals surface area contributed by atoms with Gasteiger partial charge in [0.05, 0.1) is 24.9 Å². The largest absolute Gasteiger partial charge is 0.493 e. The highest BCUT2D eigenvalue weighted by Gasteiger charge is 2.35. The van der Waals surface area contributed by atoms with Crippen LogP contribution in [-0.4, -0.2) is 47.1 Å². The highest BCUT2D eigenvalue weighted by molar-refractivity contribution is 6.01. The Kier molecular flexibility index (Phi) is 9.31. The number of carbonyl (C=O) groups is 2. The average molecular weight is 548 g/mol. The van der Waals surface area contributed by atoms with Gasteiger partial charge in [-0.15, -0.1) is 5.10 Å². The Hall–Kier alpha value is -4.47. The Morgan fingerprint density at radius 2 is 1.80 bits per heavy atom. The monoisotopic (exact) mass is 547 g/mol. The number of benzene rings is 3. The van der Waals surface area contributed by atoms with Gasteiger partial charge in [0.15, 0.2) is 11.5 Å². The first-order valence-electron chi connectivity index (χ1n) is 13.3. The summed E-state index contributed by atoms with van der Waals surface area (Å²) in [5.41, 5.74) is 1.66. The Bertz CT molecular complexity index is 1470. The van der Waals surface area contributed by atoms with E-state index in [9.17, 15) is 9.59 Å². The van der Waals surface area contributed by atoms with Gasteiger partial charge in [-0.25, -0.2) is 9.07 Å². The molecule has 0 radical (unpaired) electrons. The first-order valence-corrected chi connectivity index (χ1v) is 13.3. The molecular weight excluding hydrogens is 513 g/mol. The molecule has 9 nitrogen and oxygen atoms in total. The molecule has 210 valence electrons. The summed E-state index contributed by atoms with van der Waals surface area (Å²) in [4.78, 5) is 29.1. The van der Waals surface area contributed by atoms with Crippen LogP contribution in [0.1, 0.15) is 38.8 Å². The van der Waals surface area contributed by atoms with E-state index in [0.29, 0.717) is 47.2 Å². The minimum Gasteiger partial charge on any atom is -0.493 e. The van der Waals surface area contributed by atoms with E-state index in [-0.39, 0.29) is 12.2 Å². The maximum atomic E-state index is 15.3. The van der Waals surface area contributed by atoms with E-state index in [4.69, 9.17) is 9.47 Å². The van der Waals surface area contributed by atoms with Crippen molar-refractivity contribution in [2.75, 3.05) is 25.2 Å². The Morgan fingerprint density at radius 3 is 2.52 bits per heavy atom. The van der Waals surface area contributed by atoms with Gasteiger partial charge in [-0.1, -0.05) is 49.4 Å². The number of halogens is 1. The van der Waals surface area contributed by atoms with Crippen molar-refractivity contribution in [1.29, 1.82) is 0 Å². The number of para-hydroxylation sites is 2. The molecule has 0 spiro atoms. The normalized spacial score (nSPS) is 11.8. The summed E-state index contributed by atoms with van der Waals surface area (Å²) in [6.07, 6.45) is 0.740. The molecule has 4 aromatic rings. The second-order valence-corrected chi connectivity index (χ2v) is 9.67. The topological polar surface area (TPSA) is 98.6 Å². The fraction of sp³-hybridized carbons (Fsp3) is 0.333. The van der Waals surface area contributed by atoms with Crippen LogP contribution in [0, 0.1) is 11.7 Å². The summed E-state index contributed by atoms with van der Waals surface area (Å²) in [7, 11) is 1.49. The third-order valence-electron chi connectivity index (χ3n) is 6.42. The zero-order valence-corrected chi connectivity index (χ0v) is 23.1. The molecule has 0 aliphatic heterocycles. The molecule has 0 fully saturated rings. The predicted molar refractivity (Wildman–Crippen MR) is 151 cm³/mol. The number of anilines is 1. The molecule has 1 aromatic heterocycles. The van der Waals surface area contributed by atoms with Gasteiger partial charge >= 0.3 is 0 Å². The molecule has 10 heteroatoms. The highest BCUT2D eigenvalue weighted by atomic mass is 19.1. The Balaban J connectivity index is 1.82. The summed E-state index contributed by atoms with van der Waals surface area (Å²) in [5.74, 6) is -0.399. The van der Waals surface area contributed by atoms with Gasteiger partial charge in [0.2, 0.25) is 11.8 Å². The molecule has 0 saturated carbocycles. The highest BCUT2D eigenvalue weighted by Crippen LogP contribution is 2.35. The predicted octanol–water partition coefficient (Wildman–Crippen LogP) is 4.91. The number of nitrogens with zero attached hydrogens (tertiary/aromatic N) is 4. The third kappa shape index (κ3) is 6.39. The van der Waals surface area contributed by atoms with Gasteiger partial charge < -0.3 is 14.8 Å². The molecule has 1 atom stereocenters. The van der Waals surface area contributed by atoms with E-state index < -0.39 is 23.7 Å². The minimum atomic E-state index is -1.21. The number of fused-ring (bicyclic) bond motifs is 1. The van der Waals surface area contributed by atoms with E-state index in [0.717, 1.165) is 6.42 Å². The SMILES string of the molecule is CCOc1ccc(C(C(=O)NCCC(C)C)N(C(=O)Cn2nnc3ccccc32)c2ccccc2F)cc1OC. The summed E-state index contributed by atoms with van der Waals surface area (Å²) >= 11 is 0. The lowest BCUT2D eigenvalue weighted by molar-refractivity contribution is -0.127. The van der Waals surface area contributed by atoms with Crippen molar-refractivity contribution in [2.45, 2.75) is 39.8 Å². The molecule has 1 N–H and O–H groups in total. The first kappa shape index (κ1) is 28.5. The lowest BCUT2D eigenvalue weighted by Gasteiger charge is -2.32. The fourth-order valence-electron chi connectivity index (χ4n) is 4.43. The van der Waals surface area contributed by atoms with Crippen molar-refractivity contribution in [1.82, 2.24) is 20.3 Å². The van der Waals surface area contributed by atoms with Crippen LogP contribution in [0.5, 0.6) is 11.5 Å². The summed E-state index contributed by atoms with van der Waals surface area (Å²) in [6, 6.07) is 16.9. The molecule has 1 heterocycles.